The maximum Gasteiger partial charge on any atom is 0.341 e. The molecule has 0 spiro atoms. The molecule has 2 aromatic rings. The van der Waals surface area contributed by atoms with Crippen LogP contribution in [0.25, 0.3) is 0 Å². The van der Waals surface area contributed by atoms with Gasteiger partial charge in [0.25, 0.3) is 0 Å². The summed E-state index contributed by atoms with van der Waals surface area (Å²) >= 11 is 12.8. The second kappa shape index (κ2) is 7.17. The van der Waals surface area contributed by atoms with Crippen molar-refractivity contribution in [3.63, 3.8) is 0 Å². The van der Waals surface area contributed by atoms with Gasteiger partial charge in [-0.05, 0) is 29.2 Å². The number of benzene rings is 2. The molecule has 0 aliphatic heterocycles. The average Bonchev–Trinajstić information content (AvgIpc) is 2.91. The molecule has 2 unspecified atom stereocenters. The largest absolute Gasteiger partial charge is 0.480 e. The third kappa shape index (κ3) is 3.13. The zero-order valence-electron chi connectivity index (χ0n) is 13.9. The van der Waals surface area contributed by atoms with Gasteiger partial charge in [-0.2, -0.15) is 0 Å². The van der Waals surface area contributed by atoms with Crippen LogP contribution in [0, 0.1) is 0 Å². The number of hydrogen-bond acceptors (Lipinski definition) is 4. The molecule has 2 N–H and O–H groups in total. The lowest BCUT2D eigenvalue weighted by Crippen LogP contribution is -2.28. The number of carboxylic acids is 1. The number of oxime groups is 1. The van der Waals surface area contributed by atoms with Crippen LogP contribution in [-0.4, -0.2) is 29.1 Å². The van der Waals surface area contributed by atoms with Crippen LogP contribution in [0.1, 0.15) is 29.5 Å². The smallest absolute Gasteiger partial charge is 0.341 e. The highest BCUT2D eigenvalue weighted by Crippen LogP contribution is 2.53. The molecule has 7 heteroatoms. The van der Waals surface area contributed by atoms with Gasteiger partial charge >= 0.3 is 5.97 Å². The van der Waals surface area contributed by atoms with Gasteiger partial charge in [-0.15, -0.1) is 5.16 Å². The Morgan fingerprint density at radius 3 is 2.65 bits per heavy atom. The number of ether oxygens (including phenoxy) is 1. The Morgan fingerprint density at radius 1 is 1.35 bits per heavy atom. The summed E-state index contributed by atoms with van der Waals surface area (Å²) in [6.07, 6.45) is 2.07. The van der Waals surface area contributed by atoms with E-state index in [1.54, 1.807) is 6.07 Å². The van der Waals surface area contributed by atoms with Gasteiger partial charge < -0.3 is 15.1 Å². The molecule has 26 heavy (non-hydrogen) atoms. The van der Waals surface area contributed by atoms with E-state index in [2.05, 4.69) is 12.1 Å². The van der Waals surface area contributed by atoms with E-state index in [1.807, 2.05) is 30.3 Å². The lowest BCUT2D eigenvalue weighted by atomic mass is 9.73. The molecule has 0 aromatic heterocycles. The van der Waals surface area contributed by atoms with E-state index in [1.165, 1.54) is 6.21 Å². The van der Waals surface area contributed by atoms with E-state index in [9.17, 15) is 10.0 Å². The molecule has 3 rings (SSSR count). The number of carbonyl (C=O) groups is 1. The van der Waals surface area contributed by atoms with Crippen molar-refractivity contribution in [1.82, 2.24) is 0 Å². The predicted octanol–water partition coefficient (Wildman–Crippen LogP) is 4.51. The minimum absolute atomic E-state index is 0.153. The SMILES string of the molecule is CC1(c2ccccc2)Cc2cc(OCC(=O)O)c(Cl)c(Cl)c2C1/C=N\O. The predicted molar refractivity (Wildman–Crippen MR) is 100 cm³/mol. The number of fused-ring (bicyclic) bond motifs is 1. The Morgan fingerprint density at radius 2 is 2.04 bits per heavy atom. The molecule has 1 aliphatic rings. The van der Waals surface area contributed by atoms with Crippen molar-refractivity contribution in [3.8, 4) is 5.75 Å². The molecule has 2 aromatic carbocycles. The molecule has 0 amide bonds. The molecular weight excluding hydrogens is 377 g/mol. The maximum absolute atomic E-state index is 10.8. The number of hydrogen-bond donors (Lipinski definition) is 2. The number of nitrogens with zero attached hydrogens (tertiary/aromatic N) is 1. The number of carboxylic acid groups (broad SMARTS) is 1. The van der Waals surface area contributed by atoms with Gasteiger partial charge in [0, 0.05) is 11.3 Å². The van der Waals surface area contributed by atoms with Crippen molar-refractivity contribution in [2.75, 3.05) is 6.61 Å². The Hall–Kier alpha value is -2.24. The van der Waals surface area contributed by atoms with Gasteiger partial charge in [0.15, 0.2) is 6.61 Å². The van der Waals surface area contributed by atoms with Gasteiger partial charge in [-0.1, -0.05) is 60.5 Å². The fourth-order valence-electron chi connectivity index (χ4n) is 3.62. The average molecular weight is 394 g/mol. The van der Waals surface area contributed by atoms with E-state index >= 15 is 0 Å². The first-order valence-electron chi connectivity index (χ1n) is 7.97. The summed E-state index contributed by atoms with van der Waals surface area (Å²) in [5.41, 5.74) is 2.33. The van der Waals surface area contributed by atoms with E-state index in [4.69, 9.17) is 33.0 Å². The summed E-state index contributed by atoms with van der Waals surface area (Å²) in [6.45, 7) is 1.56. The highest BCUT2D eigenvalue weighted by atomic mass is 35.5. The molecule has 0 bridgehead atoms. The third-order valence-electron chi connectivity index (χ3n) is 4.85. The Bertz CT molecular complexity index is 870. The van der Waals surface area contributed by atoms with Crippen molar-refractivity contribution in [2.24, 2.45) is 5.16 Å². The summed E-state index contributed by atoms with van der Waals surface area (Å²) in [5, 5.41) is 21.7. The lowest BCUT2D eigenvalue weighted by Gasteiger charge is -2.30. The van der Waals surface area contributed by atoms with Crippen LogP contribution >= 0.6 is 23.2 Å². The highest BCUT2D eigenvalue weighted by Gasteiger charge is 2.45. The van der Waals surface area contributed by atoms with Crippen LogP contribution in [0.2, 0.25) is 10.0 Å². The van der Waals surface area contributed by atoms with Gasteiger partial charge in [0.1, 0.15) is 10.8 Å². The first kappa shape index (κ1) is 18.5. The van der Waals surface area contributed by atoms with Crippen LogP contribution in [0.15, 0.2) is 41.6 Å². The lowest BCUT2D eigenvalue weighted by molar-refractivity contribution is -0.139. The van der Waals surface area contributed by atoms with Crippen LogP contribution in [0.3, 0.4) is 0 Å². The van der Waals surface area contributed by atoms with Crippen molar-refractivity contribution < 1.29 is 19.8 Å². The van der Waals surface area contributed by atoms with E-state index in [-0.39, 0.29) is 21.7 Å². The van der Waals surface area contributed by atoms with Crippen LogP contribution in [0.5, 0.6) is 5.75 Å². The number of rotatable bonds is 5. The van der Waals surface area contributed by atoms with Crippen LogP contribution in [0.4, 0.5) is 0 Å². The second-order valence-corrected chi connectivity index (χ2v) is 7.22. The number of halogens is 2. The summed E-state index contributed by atoms with van der Waals surface area (Å²) in [4.78, 5) is 10.8. The standard InChI is InChI=1S/C19H17Cl2NO4/c1-19(12-5-3-2-4-6-12)8-11-7-14(26-10-15(23)24)17(20)18(21)16(11)13(19)9-22-25/h2-7,9,13,25H,8,10H2,1H3,(H,23,24)/b22-9-. The second-order valence-electron chi connectivity index (χ2n) is 6.46. The van der Waals surface area contributed by atoms with Crippen LogP contribution in [-0.2, 0) is 16.6 Å². The fourth-order valence-corrected chi connectivity index (χ4v) is 4.17. The summed E-state index contributed by atoms with van der Waals surface area (Å²) in [7, 11) is 0. The van der Waals surface area contributed by atoms with Crippen molar-refractivity contribution in [2.45, 2.75) is 24.7 Å². The molecule has 0 heterocycles. The molecular formula is C19H17Cl2NO4. The van der Waals surface area contributed by atoms with E-state index < -0.39 is 18.0 Å². The van der Waals surface area contributed by atoms with Gasteiger partial charge in [-0.25, -0.2) is 4.79 Å². The van der Waals surface area contributed by atoms with Gasteiger partial charge in [0.2, 0.25) is 0 Å². The first-order valence-corrected chi connectivity index (χ1v) is 8.72. The minimum Gasteiger partial charge on any atom is -0.480 e. The summed E-state index contributed by atoms with van der Waals surface area (Å²) in [5.74, 6) is -1.16. The molecule has 5 nitrogen and oxygen atoms in total. The highest BCUT2D eigenvalue weighted by molar-refractivity contribution is 6.43. The molecule has 0 saturated carbocycles. The van der Waals surface area contributed by atoms with Crippen molar-refractivity contribution in [1.29, 1.82) is 0 Å². The fraction of sp³-hybridized carbons (Fsp3) is 0.263. The number of aliphatic carboxylic acids is 1. The minimum atomic E-state index is -1.10. The molecule has 136 valence electrons. The van der Waals surface area contributed by atoms with Gasteiger partial charge in [-0.3, -0.25) is 0 Å². The van der Waals surface area contributed by atoms with Crippen molar-refractivity contribution >= 4 is 35.4 Å². The molecule has 0 fully saturated rings. The first-order chi connectivity index (χ1) is 12.4. The topological polar surface area (TPSA) is 79.1 Å². The summed E-state index contributed by atoms with van der Waals surface area (Å²) in [6, 6.07) is 11.6. The van der Waals surface area contributed by atoms with Crippen molar-refractivity contribution in [3.05, 3.63) is 63.1 Å². The molecule has 0 saturated heterocycles. The van der Waals surface area contributed by atoms with Gasteiger partial charge in [0.05, 0.1) is 11.2 Å². The van der Waals surface area contributed by atoms with E-state index in [0.717, 1.165) is 16.7 Å². The quantitative estimate of drug-likeness (QED) is 0.444. The molecule has 1 aliphatic carbocycles. The van der Waals surface area contributed by atoms with E-state index in [0.29, 0.717) is 6.42 Å². The van der Waals surface area contributed by atoms with Crippen LogP contribution < -0.4 is 4.74 Å². The zero-order chi connectivity index (χ0) is 18.9. The normalized spacial score (nSPS) is 21.7. The Balaban J connectivity index is 2.12. The summed E-state index contributed by atoms with van der Waals surface area (Å²) < 4.78 is 5.27. The maximum atomic E-state index is 10.8. The Kier molecular flexibility index (Phi) is 5.12. The zero-order valence-corrected chi connectivity index (χ0v) is 15.5. The third-order valence-corrected chi connectivity index (χ3v) is 5.72. The molecule has 2 atom stereocenters. The monoisotopic (exact) mass is 393 g/mol. The molecule has 0 radical (unpaired) electrons. The Labute approximate surface area is 160 Å².